The molecule has 0 bridgehead atoms. The minimum absolute atomic E-state index is 0.0549. The summed E-state index contributed by atoms with van der Waals surface area (Å²) in [7, 11) is 1.67. The maximum Gasteiger partial charge on any atom is 0.258 e. The van der Waals surface area contributed by atoms with E-state index in [1.54, 1.807) is 13.3 Å². The van der Waals surface area contributed by atoms with Crippen LogP contribution < -0.4 is 21.0 Å². The molecule has 3 aromatic carbocycles. The van der Waals surface area contributed by atoms with Crippen molar-refractivity contribution >= 4 is 22.9 Å². The highest BCUT2D eigenvalue weighted by molar-refractivity contribution is 5.89. The van der Waals surface area contributed by atoms with E-state index in [9.17, 15) is 4.79 Å². The number of ether oxygens (including phenoxy) is 1. The molecule has 6 heteroatoms. The van der Waals surface area contributed by atoms with E-state index >= 15 is 0 Å². The third-order valence-electron chi connectivity index (χ3n) is 5.88. The Morgan fingerprint density at radius 3 is 2.53 bits per heavy atom. The number of hydrazine groups is 1. The fourth-order valence-electron chi connectivity index (χ4n) is 4.05. The van der Waals surface area contributed by atoms with Crippen molar-refractivity contribution in [3.8, 4) is 5.75 Å². The fraction of sp³-hybridized carbons (Fsp3) is 0.308. The number of rotatable bonds is 5. The molecule has 1 aliphatic rings. The summed E-state index contributed by atoms with van der Waals surface area (Å²) >= 11 is 0. The smallest absolute Gasteiger partial charge is 0.258 e. The molecule has 4 rings (SSSR count). The highest BCUT2D eigenvalue weighted by Crippen LogP contribution is 2.36. The van der Waals surface area contributed by atoms with Crippen molar-refractivity contribution in [2.75, 3.05) is 7.11 Å². The van der Waals surface area contributed by atoms with Gasteiger partial charge in [0.25, 0.3) is 5.91 Å². The number of carbonyl (C=O) groups is 1. The van der Waals surface area contributed by atoms with Crippen molar-refractivity contribution < 1.29 is 9.53 Å². The first-order chi connectivity index (χ1) is 15.4. The lowest BCUT2D eigenvalue weighted by atomic mass is 9.87. The summed E-state index contributed by atoms with van der Waals surface area (Å²) in [6.07, 6.45) is 2.25. The molecular formula is C26H30N4O2. The highest BCUT2D eigenvalue weighted by Gasteiger charge is 2.32. The largest absolute Gasteiger partial charge is 0.496 e. The average molecular weight is 431 g/mol. The van der Waals surface area contributed by atoms with E-state index < -0.39 is 6.04 Å². The molecule has 0 aliphatic carbocycles. The molecule has 166 valence electrons. The van der Waals surface area contributed by atoms with Gasteiger partial charge in [-0.1, -0.05) is 75.4 Å². The number of hydrazone groups is 1. The number of amides is 1. The predicted molar refractivity (Wildman–Crippen MR) is 129 cm³/mol. The SMILES string of the molecule is COc1ccc2ccccc2c1C1CC(C(=O)N/N=C/c2ccc(C(C)(C)C)cc2)NN1. The van der Waals surface area contributed by atoms with Crippen molar-refractivity contribution in [1.29, 1.82) is 0 Å². The van der Waals surface area contributed by atoms with E-state index in [4.69, 9.17) is 4.74 Å². The van der Waals surface area contributed by atoms with Crippen molar-refractivity contribution in [3.05, 3.63) is 77.4 Å². The van der Waals surface area contributed by atoms with E-state index in [1.165, 1.54) is 5.56 Å². The zero-order chi connectivity index (χ0) is 22.7. The lowest BCUT2D eigenvalue weighted by Gasteiger charge is -2.18. The van der Waals surface area contributed by atoms with Gasteiger partial charge in [0.05, 0.1) is 19.4 Å². The summed E-state index contributed by atoms with van der Waals surface area (Å²) in [4.78, 5) is 12.7. The lowest BCUT2D eigenvalue weighted by molar-refractivity contribution is -0.122. The molecule has 3 N–H and O–H groups in total. The van der Waals surface area contributed by atoms with Gasteiger partial charge in [-0.2, -0.15) is 5.10 Å². The van der Waals surface area contributed by atoms with Crippen LogP contribution in [0.4, 0.5) is 0 Å². The van der Waals surface area contributed by atoms with E-state index in [1.807, 2.05) is 36.4 Å². The standard InChI is InChI=1S/C26H30N4O2/c1-26(2,3)19-12-9-17(10-13-19)16-27-30-25(31)22-15-21(28-29-22)24-20-8-6-5-7-18(20)11-14-23(24)32-4/h5-14,16,21-22,28-29H,15H2,1-4H3,(H,30,31)/b27-16+. The van der Waals surface area contributed by atoms with Crippen molar-refractivity contribution in [3.63, 3.8) is 0 Å². The second kappa shape index (κ2) is 9.10. The Hall–Kier alpha value is -3.22. The Morgan fingerprint density at radius 2 is 1.81 bits per heavy atom. The van der Waals surface area contributed by atoms with Gasteiger partial charge in [0.1, 0.15) is 11.8 Å². The van der Waals surface area contributed by atoms with Gasteiger partial charge < -0.3 is 4.74 Å². The molecule has 0 spiro atoms. The van der Waals surface area contributed by atoms with E-state index in [2.05, 4.69) is 66.4 Å². The summed E-state index contributed by atoms with van der Waals surface area (Å²) in [6, 6.07) is 20.0. The maximum atomic E-state index is 12.7. The van der Waals surface area contributed by atoms with Crippen LogP contribution in [0.1, 0.15) is 49.9 Å². The highest BCUT2D eigenvalue weighted by atomic mass is 16.5. The molecule has 3 aromatic rings. The van der Waals surface area contributed by atoms with Gasteiger partial charge in [-0.15, -0.1) is 0 Å². The molecule has 1 heterocycles. The first-order valence-corrected chi connectivity index (χ1v) is 10.9. The topological polar surface area (TPSA) is 74.8 Å². The number of nitrogens with one attached hydrogen (secondary N) is 3. The number of fused-ring (bicyclic) bond motifs is 1. The van der Waals surface area contributed by atoms with Crippen LogP contribution in [-0.4, -0.2) is 25.3 Å². The van der Waals surface area contributed by atoms with E-state index in [0.29, 0.717) is 6.42 Å². The second-order valence-corrected chi connectivity index (χ2v) is 9.14. The first kappa shape index (κ1) is 22.0. The van der Waals surface area contributed by atoms with E-state index in [0.717, 1.165) is 27.6 Å². The first-order valence-electron chi connectivity index (χ1n) is 10.9. The Kier molecular flexibility index (Phi) is 6.26. The summed E-state index contributed by atoms with van der Waals surface area (Å²) in [5, 5.41) is 6.40. The van der Waals surface area contributed by atoms with Gasteiger partial charge in [0.2, 0.25) is 0 Å². The number of benzene rings is 3. The molecule has 1 amide bonds. The van der Waals surface area contributed by atoms with Crippen molar-refractivity contribution in [1.82, 2.24) is 16.3 Å². The van der Waals surface area contributed by atoms with Crippen LogP contribution in [-0.2, 0) is 10.2 Å². The maximum absolute atomic E-state index is 12.7. The molecule has 32 heavy (non-hydrogen) atoms. The molecule has 0 radical (unpaired) electrons. The summed E-state index contributed by atoms with van der Waals surface area (Å²) in [6.45, 7) is 6.54. The van der Waals surface area contributed by atoms with Gasteiger partial charge >= 0.3 is 0 Å². The summed E-state index contributed by atoms with van der Waals surface area (Å²) in [5.41, 5.74) is 12.4. The zero-order valence-corrected chi connectivity index (χ0v) is 19.0. The van der Waals surface area contributed by atoms with Gasteiger partial charge in [-0.3, -0.25) is 4.79 Å². The minimum atomic E-state index is -0.399. The predicted octanol–water partition coefficient (Wildman–Crippen LogP) is 4.20. The van der Waals surface area contributed by atoms with Crippen LogP contribution in [0.25, 0.3) is 10.8 Å². The molecule has 1 saturated heterocycles. The van der Waals surface area contributed by atoms with Gasteiger partial charge in [0.15, 0.2) is 0 Å². The molecule has 1 aliphatic heterocycles. The Morgan fingerprint density at radius 1 is 1.06 bits per heavy atom. The Balaban J connectivity index is 1.41. The number of hydrogen-bond acceptors (Lipinski definition) is 5. The molecule has 2 atom stereocenters. The number of methoxy groups -OCH3 is 1. The van der Waals surface area contributed by atoms with Crippen LogP contribution in [0.5, 0.6) is 5.75 Å². The zero-order valence-electron chi connectivity index (χ0n) is 19.0. The fourth-order valence-corrected chi connectivity index (χ4v) is 4.05. The summed E-state index contributed by atoms with van der Waals surface area (Å²) in [5.74, 6) is 0.627. The van der Waals surface area contributed by atoms with Gasteiger partial charge in [-0.25, -0.2) is 16.3 Å². The normalized spacial score (nSPS) is 18.9. The third-order valence-corrected chi connectivity index (χ3v) is 5.88. The van der Waals surface area contributed by atoms with Crippen LogP contribution in [0, 0.1) is 0 Å². The van der Waals surface area contributed by atoms with Gasteiger partial charge in [0, 0.05) is 5.56 Å². The van der Waals surface area contributed by atoms with E-state index in [-0.39, 0.29) is 17.4 Å². The molecular weight excluding hydrogens is 400 g/mol. The molecule has 0 saturated carbocycles. The van der Waals surface area contributed by atoms with Crippen LogP contribution in [0.3, 0.4) is 0 Å². The minimum Gasteiger partial charge on any atom is -0.496 e. The quantitative estimate of drug-likeness (QED) is 0.419. The lowest BCUT2D eigenvalue weighted by Crippen LogP contribution is -2.41. The van der Waals surface area contributed by atoms with Crippen LogP contribution in [0.2, 0.25) is 0 Å². The van der Waals surface area contributed by atoms with Gasteiger partial charge in [-0.05, 0) is 39.8 Å². The molecule has 0 aromatic heterocycles. The van der Waals surface area contributed by atoms with Crippen LogP contribution >= 0.6 is 0 Å². The third kappa shape index (κ3) is 4.66. The van der Waals surface area contributed by atoms with Crippen LogP contribution in [0.15, 0.2) is 65.8 Å². The Labute approximate surface area is 189 Å². The molecule has 2 unspecified atom stereocenters. The molecule has 6 nitrogen and oxygen atoms in total. The number of carbonyl (C=O) groups excluding carboxylic acids is 1. The van der Waals surface area contributed by atoms with Crippen molar-refractivity contribution in [2.45, 2.75) is 44.7 Å². The van der Waals surface area contributed by atoms with Crippen molar-refractivity contribution in [2.24, 2.45) is 5.10 Å². The molecule has 1 fully saturated rings. The second-order valence-electron chi connectivity index (χ2n) is 9.14. The Bertz CT molecular complexity index is 1130. The average Bonchev–Trinajstić information content (AvgIpc) is 3.28. The number of nitrogens with zero attached hydrogens (tertiary/aromatic N) is 1. The summed E-state index contributed by atoms with van der Waals surface area (Å²) < 4.78 is 5.61. The number of hydrogen-bond donors (Lipinski definition) is 3. The monoisotopic (exact) mass is 430 g/mol.